The second kappa shape index (κ2) is 12.2. The third kappa shape index (κ3) is 8.22. The van der Waals surface area contributed by atoms with Crippen molar-refractivity contribution in [2.24, 2.45) is 0 Å². The van der Waals surface area contributed by atoms with E-state index in [0.717, 1.165) is 36.8 Å². The summed E-state index contributed by atoms with van der Waals surface area (Å²) in [5, 5.41) is 10.4. The van der Waals surface area contributed by atoms with Crippen LogP contribution in [0.3, 0.4) is 0 Å². The molecule has 4 rings (SSSR count). The number of carboxylic acids is 1. The van der Waals surface area contributed by atoms with Crippen molar-refractivity contribution >= 4 is 27.6 Å². The number of benzene rings is 2. The lowest BCUT2D eigenvalue weighted by molar-refractivity contribution is -0.192. The van der Waals surface area contributed by atoms with E-state index < -0.39 is 27.6 Å². The van der Waals surface area contributed by atoms with Gasteiger partial charge in [0.25, 0.3) is 10.0 Å². The summed E-state index contributed by atoms with van der Waals surface area (Å²) in [6.07, 6.45) is 3.63. The highest BCUT2D eigenvalue weighted by Crippen LogP contribution is 2.49. The molecule has 0 aromatic heterocycles. The van der Waals surface area contributed by atoms with Crippen LogP contribution in [0.1, 0.15) is 83.3 Å². The van der Waals surface area contributed by atoms with Gasteiger partial charge in [-0.05, 0) is 66.5 Å². The summed E-state index contributed by atoms with van der Waals surface area (Å²) >= 11 is 0. The molecule has 0 unspecified atom stereocenters. The fourth-order valence-electron chi connectivity index (χ4n) is 4.72. The highest BCUT2D eigenvalue weighted by Gasteiger charge is 2.51. The molecule has 2 aromatic rings. The lowest BCUT2D eigenvalue weighted by Gasteiger charge is -2.22. The van der Waals surface area contributed by atoms with Gasteiger partial charge in [0.05, 0.1) is 10.3 Å². The molecule has 0 saturated heterocycles. The van der Waals surface area contributed by atoms with E-state index in [1.54, 1.807) is 24.3 Å². The number of aliphatic carboxylic acids is 1. The first kappa shape index (κ1) is 31.4. The van der Waals surface area contributed by atoms with Gasteiger partial charge in [0.1, 0.15) is 0 Å². The third-order valence-electron chi connectivity index (χ3n) is 7.34. The van der Waals surface area contributed by atoms with Crippen molar-refractivity contribution in [2.45, 2.75) is 100 Å². The smallest absolute Gasteiger partial charge is 0.475 e. The Morgan fingerprint density at radius 1 is 0.875 bits per heavy atom. The Balaban J connectivity index is 0.000000559. The predicted molar refractivity (Wildman–Crippen MR) is 147 cm³/mol. The van der Waals surface area contributed by atoms with Crippen LogP contribution in [-0.2, 0) is 30.4 Å². The van der Waals surface area contributed by atoms with E-state index in [9.17, 15) is 26.4 Å². The first-order valence-electron chi connectivity index (χ1n) is 13.4. The Labute approximate surface area is 233 Å². The normalized spacial score (nSPS) is 17.6. The van der Waals surface area contributed by atoms with Crippen LogP contribution in [-0.4, -0.2) is 37.6 Å². The highest BCUT2D eigenvalue weighted by molar-refractivity contribution is 7.92. The fraction of sp³-hybridized carbons (Fsp3) is 0.517. The lowest BCUT2D eigenvalue weighted by Crippen LogP contribution is -2.41. The van der Waals surface area contributed by atoms with Gasteiger partial charge in [0, 0.05) is 11.7 Å². The number of halogens is 3. The van der Waals surface area contributed by atoms with Crippen LogP contribution in [0.2, 0.25) is 0 Å². The van der Waals surface area contributed by atoms with Crippen LogP contribution in [0.5, 0.6) is 0 Å². The minimum atomic E-state index is -5.08. The van der Waals surface area contributed by atoms with Gasteiger partial charge in [0.2, 0.25) is 5.91 Å². The molecule has 0 heterocycles. The Hall–Kier alpha value is -3.08. The number of amides is 1. The van der Waals surface area contributed by atoms with E-state index in [0.29, 0.717) is 5.69 Å². The van der Waals surface area contributed by atoms with Crippen LogP contribution >= 0.6 is 0 Å². The number of nitrogens with one attached hydrogen (secondary N) is 2. The molecule has 0 spiro atoms. The van der Waals surface area contributed by atoms with Crippen LogP contribution in [0.25, 0.3) is 0 Å². The molecule has 0 atom stereocenters. The summed E-state index contributed by atoms with van der Waals surface area (Å²) in [5.41, 5.74) is 2.06. The Morgan fingerprint density at radius 2 is 1.38 bits per heavy atom. The van der Waals surface area contributed by atoms with Gasteiger partial charge < -0.3 is 10.4 Å². The van der Waals surface area contributed by atoms with Gasteiger partial charge >= 0.3 is 12.1 Å². The number of hydrogen-bond acceptors (Lipinski definition) is 4. The molecule has 7 nitrogen and oxygen atoms in total. The second-order valence-electron chi connectivity index (χ2n) is 11.5. The zero-order valence-electron chi connectivity index (χ0n) is 23.0. The van der Waals surface area contributed by atoms with Crippen LogP contribution in [0, 0.1) is 0 Å². The molecular weight excluding hydrogens is 545 g/mol. The minimum Gasteiger partial charge on any atom is -0.475 e. The molecule has 0 aliphatic heterocycles. The maximum atomic E-state index is 13.1. The largest absolute Gasteiger partial charge is 0.490 e. The quantitative estimate of drug-likeness (QED) is 0.347. The number of rotatable bonds is 6. The molecule has 11 heteroatoms. The lowest BCUT2D eigenvalue weighted by atomic mass is 9.87. The van der Waals surface area contributed by atoms with Crippen molar-refractivity contribution in [1.82, 2.24) is 5.32 Å². The van der Waals surface area contributed by atoms with Crippen molar-refractivity contribution in [3.8, 4) is 0 Å². The van der Waals surface area contributed by atoms with Crippen molar-refractivity contribution in [1.29, 1.82) is 0 Å². The van der Waals surface area contributed by atoms with E-state index in [2.05, 4.69) is 30.8 Å². The topological polar surface area (TPSA) is 113 Å². The Morgan fingerprint density at radius 3 is 1.80 bits per heavy atom. The number of anilines is 1. The van der Waals surface area contributed by atoms with Crippen molar-refractivity contribution in [3.63, 3.8) is 0 Å². The SMILES string of the molecule is CC(C)(C)c1ccc(S(=O)(=O)Nc2ccc(C3(C(=O)NC4CCCCCC4)CC3)cc2)cc1.O=C(O)C(F)(F)F. The van der Waals surface area contributed by atoms with Crippen molar-refractivity contribution in [2.75, 3.05) is 4.72 Å². The fourth-order valence-corrected chi connectivity index (χ4v) is 5.78. The first-order chi connectivity index (χ1) is 18.5. The minimum absolute atomic E-state index is 0.0349. The first-order valence-corrected chi connectivity index (χ1v) is 14.9. The zero-order valence-corrected chi connectivity index (χ0v) is 23.8. The number of hydrogen-bond donors (Lipinski definition) is 3. The van der Waals surface area contributed by atoms with E-state index in [1.807, 2.05) is 24.3 Å². The molecule has 2 saturated carbocycles. The monoisotopic (exact) mass is 582 g/mol. The van der Waals surface area contributed by atoms with Crippen molar-refractivity contribution < 1.29 is 36.3 Å². The molecule has 0 radical (unpaired) electrons. The number of carbonyl (C=O) groups is 2. The van der Waals surface area contributed by atoms with Gasteiger partial charge in [-0.2, -0.15) is 13.2 Å². The predicted octanol–water partition coefficient (Wildman–Crippen LogP) is 6.29. The maximum Gasteiger partial charge on any atom is 0.490 e. The standard InChI is InChI=1S/C27H36N2O3S.C2HF3O2/c1-26(2,3)20-12-16-24(17-13-20)33(31,32)29-23-14-10-21(11-15-23)27(18-19-27)25(30)28-22-8-6-4-5-7-9-22;3-2(4,5)1(6)7/h10-17,22,29H,4-9,18-19H2,1-3H3,(H,28,30);(H,6,7). The molecule has 2 aliphatic rings. The molecule has 1 amide bonds. The van der Waals surface area contributed by atoms with Gasteiger partial charge in [-0.25, -0.2) is 13.2 Å². The number of carbonyl (C=O) groups excluding carboxylic acids is 1. The Bertz CT molecular complexity index is 1270. The van der Waals surface area contributed by atoms with E-state index >= 15 is 0 Å². The van der Waals surface area contributed by atoms with Gasteiger partial charge in [-0.3, -0.25) is 9.52 Å². The molecule has 220 valence electrons. The molecule has 2 aromatic carbocycles. The Kier molecular flexibility index (Phi) is 9.59. The molecule has 40 heavy (non-hydrogen) atoms. The van der Waals surface area contributed by atoms with Crippen molar-refractivity contribution in [3.05, 3.63) is 59.7 Å². The molecule has 2 fully saturated rings. The summed E-state index contributed by atoms with van der Waals surface area (Å²) in [5.74, 6) is -2.63. The molecule has 2 aliphatic carbocycles. The zero-order chi connectivity index (χ0) is 29.8. The summed E-state index contributed by atoms with van der Waals surface area (Å²) < 4.78 is 60.1. The number of alkyl halides is 3. The number of sulfonamides is 1. The molecule has 0 bridgehead atoms. The van der Waals surface area contributed by atoms with Crippen LogP contribution in [0.15, 0.2) is 53.4 Å². The summed E-state index contributed by atoms with van der Waals surface area (Å²) in [4.78, 5) is 22.2. The maximum absolute atomic E-state index is 13.1. The van der Waals surface area contributed by atoms with Crippen LogP contribution in [0.4, 0.5) is 18.9 Å². The second-order valence-corrected chi connectivity index (χ2v) is 13.2. The summed E-state index contributed by atoms with van der Waals surface area (Å²) in [6, 6.07) is 14.6. The average Bonchev–Trinajstić information content (AvgIpc) is 3.70. The third-order valence-corrected chi connectivity index (χ3v) is 8.74. The van der Waals surface area contributed by atoms with Crippen LogP contribution < -0.4 is 10.0 Å². The molecule has 3 N–H and O–H groups in total. The van der Waals surface area contributed by atoms with E-state index in [1.165, 1.54) is 25.7 Å². The van der Waals surface area contributed by atoms with Gasteiger partial charge in [0.15, 0.2) is 0 Å². The van der Waals surface area contributed by atoms with Gasteiger partial charge in [-0.1, -0.05) is 70.7 Å². The highest BCUT2D eigenvalue weighted by atomic mass is 32.2. The average molecular weight is 583 g/mol. The number of carboxylic acid groups (broad SMARTS) is 1. The van der Waals surface area contributed by atoms with E-state index in [-0.39, 0.29) is 22.3 Å². The summed E-state index contributed by atoms with van der Waals surface area (Å²) in [6.45, 7) is 6.29. The molecular formula is C29H37F3N2O5S. The van der Waals surface area contributed by atoms with Gasteiger partial charge in [-0.15, -0.1) is 0 Å². The summed E-state index contributed by atoms with van der Waals surface area (Å²) in [7, 11) is -3.68. The van der Waals surface area contributed by atoms with E-state index in [4.69, 9.17) is 9.90 Å².